The number of carbonyl (C=O) groups excluding carboxylic acids is 1. The molecule has 0 bridgehead atoms. The van der Waals surface area contributed by atoms with Gasteiger partial charge in [-0.1, -0.05) is 6.07 Å². The van der Waals surface area contributed by atoms with E-state index in [0.29, 0.717) is 30.3 Å². The van der Waals surface area contributed by atoms with Crippen molar-refractivity contribution in [1.82, 2.24) is 0 Å². The van der Waals surface area contributed by atoms with Gasteiger partial charge in [0.2, 0.25) is 5.91 Å². The van der Waals surface area contributed by atoms with Gasteiger partial charge in [0.15, 0.2) is 0 Å². The number of amides is 1. The molecule has 5 heteroatoms. The van der Waals surface area contributed by atoms with E-state index in [4.69, 9.17) is 15.2 Å². The number of hydrogen-bond donors (Lipinski definition) is 1. The van der Waals surface area contributed by atoms with Gasteiger partial charge in [-0.3, -0.25) is 4.79 Å². The molecule has 1 amide bonds. The van der Waals surface area contributed by atoms with Crippen molar-refractivity contribution in [1.29, 1.82) is 0 Å². The Labute approximate surface area is 115 Å². The summed E-state index contributed by atoms with van der Waals surface area (Å²) in [6.07, 6.45) is 0. The third-order valence-corrected chi connectivity index (χ3v) is 2.55. The van der Waals surface area contributed by atoms with E-state index in [1.54, 1.807) is 36.4 Å². The average Bonchev–Trinajstić information content (AvgIpc) is 2.46. The maximum absolute atomic E-state index is 12.7. The van der Waals surface area contributed by atoms with Crippen LogP contribution >= 0.6 is 0 Å². The Balaban J connectivity index is 1.79. The minimum absolute atomic E-state index is 0.305. The van der Waals surface area contributed by atoms with Crippen molar-refractivity contribution in [3.8, 4) is 11.5 Å². The number of halogens is 1. The predicted octanol–water partition coefficient (Wildman–Crippen LogP) is 2.38. The third-order valence-electron chi connectivity index (χ3n) is 2.55. The fourth-order valence-electron chi connectivity index (χ4n) is 1.59. The molecule has 0 atom stereocenters. The lowest BCUT2D eigenvalue weighted by atomic mass is 10.2. The summed E-state index contributed by atoms with van der Waals surface area (Å²) >= 11 is 0. The molecule has 0 saturated heterocycles. The molecule has 2 N–H and O–H groups in total. The minimum atomic E-state index is -0.502. The Morgan fingerprint density at radius 1 is 1.00 bits per heavy atom. The molecule has 4 nitrogen and oxygen atoms in total. The second kappa shape index (κ2) is 6.56. The van der Waals surface area contributed by atoms with E-state index in [-0.39, 0.29) is 5.82 Å². The van der Waals surface area contributed by atoms with Crippen LogP contribution in [0.5, 0.6) is 11.5 Å². The summed E-state index contributed by atoms with van der Waals surface area (Å²) in [5.41, 5.74) is 5.57. The molecule has 2 aromatic rings. The van der Waals surface area contributed by atoms with Crippen LogP contribution in [-0.4, -0.2) is 19.1 Å². The first kappa shape index (κ1) is 13.9. The van der Waals surface area contributed by atoms with Gasteiger partial charge in [0, 0.05) is 5.56 Å². The number of benzene rings is 2. The first-order valence-electron chi connectivity index (χ1n) is 6.06. The summed E-state index contributed by atoms with van der Waals surface area (Å²) in [6.45, 7) is 0.617. The summed E-state index contributed by atoms with van der Waals surface area (Å²) in [5.74, 6) is 0.305. The number of primary amides is 1. The maximum Gasteiger partial charge on any atom is 0.248 e. The van der Waals surface area contributed by atoms with Crippen molar-refractivity contribution in [2.24, 2.45) is 5.73 Å². The van der Waals surface area contributed by atoms with Crippen LogP contribution in [0, 0.1) is 5.82 Å². The van der Waals surface area contributed by atoms with Gasteiger partial charge in [-0.15, -0.1) is 0 Å². The topological polar surface area (TPSA) is 61.6 Å². The van der Waals surface area contributed by atoms with E-state index in [1.807, 2.05) is 0 Å². The summed E-state index contributed by atoms with van der Waals surface area (Å²) in [7, 11) is 0. The molecule has 0 heterocycles. The van der Waals surface area contributed by atoms with Crippen LogP contribution in [-0.2, 0) is 0 Å². The van der Waals surface area contributed by atoms with Gasteiger partial charge >= 0.3 is 0 Å². The smallest absolute Gasteiger partial charge is 0.248 e. The van der Waals surface area contributed by atoms with Crippen LogP contribution in [0.4, 0.5) is 4.39 Å². The second-order valence-electron chi connectivity index (χ2n) is 4.04. The Bertz CT molecular complexity index is 584. The number of nitrogens with two attached hydrogens (primary N) is 1. The van der Waals surface area contributed by atoms with Gasteiger partial charge < -0.3 is 15.2 Å². The predicted molar refractivity (Wildman–Crippen MR) is 72.3 cm³/mol. The number of carbonyl (C=O) groups is 1. The molecule has 0 saturated carbocycles. The van der Waals surface area contributed by atoms with E-state index in [0.717, 1.165) is 0 Å². The molecule has 2 aromatic carbocycles. The summed E-state index contributed by atoms with van der Waals surface area (Å²) in [5, 5.41) is 0. The van der Waals surface area contributed by atoms with Gasteiger partial charge in [-0.05, 0) is 42.5 Å². The van der Waals surface area contributed by atoms with Crippen LogP contribution in [0.2, 0.25) is 0 Å². The number of ether oxygens (including phenoxy) is 2. The Morgan fingerprint density at radius 2 is 1.65 bits per heavy atom. The molecule has 0 aliphatic heterocycles. The van der Waals surface area contributed by atoms with E-state index < -0.39 is 5.91 Å². The van der Waals surface area contributed by atoms with Gasteiger partial charge in [-0.2, -0.15) is 0 Å². The quantitative estimate of drug-likeness (QED) is 0.823. The third kappa shape index (κ3) is 3.98. The molecule has 0 unspecified atom stereocenters. The van der Waals surface area contributed by atoms with Crippen molar-refractivity contribution < 1.29 is 18.7 Å². The highest BCUT2D eigenvalue weighted by atomic mass is 19.1. The van der Waals surface area contributed by atoms with E-state index in [2.05, 4.69) is 0 Å². The summed E-state index contributed by atoms with van der Waals surface area (Å²) < 4.78 is 23.5. The van der Waals surface area contributed by atoms with Gasteiger partial charge in [0.25, 0.3) is 0 Å². The number of rotatable bonds is 6. The van der Waals surface area contributed by atoms with Crippen molar-refractivity contribution >= 4 is 5.91 Å². The molecular formula is C15H14FNO3. The fraction of sp³-hybridized carbons (Fsp3) is 0.133. The molecule has 0 aliphatic rings. The second-order valence-corrected chi connectivity index (χ2v) is 4.04. The highest BCUT2D eigenvalue weighted by Gasteiger charge is 2.02. The Kier molecular flexibility index (Phi) is 4.55. The summed E-state index contributed by atoms with van der Waals surface area (Å²) in [6, 6.07) is 12.3. The molecule has 0 spiro atoms. The van der Waals surface area contributed by atoms with E-state index >= 15 is 0 Å². The first-order valence-corrected chi connectivity index (χ1v) is 6.06. The van der Waals surface area contributed by atoms with Crippen LogP contribution in [0.1, 0.15) is 10.4 Å². The molecular weight excluding hydrogens is 261 g/mol. The van der Waals surface area contributed by atoms with Crippen molar-refractivity contribution in [3.63, 3.8) is 0 Å². The normalized spacial score (nSPS) is 10.1. The van der Waals surface area contributed by atoms with Gasteiger partial charge in [0.1, 0.15) is 30.5 Å². The first-order chi connectivity index (χ1) is 9.65. The molecule has 2 rings (SSSR count). The lowest BCUT2D eigenvalue weighted by Crippen LogP contribution is -2.12. The molecule has 0 aromatic heterocycles. The zero-order chi connectivity index (χ0) is 14.4. The Hall–Kier alpha value is -2.56. The van der Waals surface area contributed by atoms with Crippen molar-refractivity contribution in [2.45, 2.75) is 0 Å². The van der Waals surface area contributed by atoms with Crippen LogP contribution in [0.25, 0.3) is 0 Å². The summed E-state index contributed by atoms with van der Waals surface area (Å²) in [4.78, 5) is 11.0. The lowest BCUT2D eigenvalue weighted by Gasteiger charge is -2.08. The zero-order valence-electron chi connectivity index (χ0n) is 10.7. The highest BCUT2D eigenvalue weighted by molar-refractivity contribution is 5.93. The minimum Gasteiger partial charge on any atom is -0.490 e. The van der Waals surface area contributed by atoms with Gasteiger partial charge in [0.05, 0.1) is 0 Å². The lowest BCUT2D eigenvalue weighted by molar-refractivity contribution is 0.1000. The zero-order valence-corrected chi connectivity index (χ0v) is 10.7. The molecule has 0 aliphatic carbocycles. The fourth-order valence-corrected chi connectivity index (χ4v) is 1.59. The average molecular weight is 275 g/mol. The number of hydrogen-bond acceptors (Lipinski definition) is 3. The van der Waals surface area contributed by atoms with Gasteiger partial charge in [-0.25, -0.2) is 4.39 Å². The monoisotopic (exact) mass is 275 g/mol. The largest absolute Gasteiger partial charge is 0.490 e. The van der Waals surface area contributed by atoms with Crippen molar-refractivity contribution in [2.75, 3.05) is 13.2 Å². The molecule has 20 heavy (non-hydrogen) atoms. The standard InChI is InChI=1S/C15H14FNO3/c16-12-4-6-13(7-5-12)19-8-9-20-14-3-1-2-11(10-14)15(17)18/h1-7,10H,8-9H2,(H2,17,18). The molecule has 0 radical (unpaired) electrons. The van der Waals surface area contributed by atoms with Crippen LogP contribution in [0.15, 0.2) is 48.5 Å². The van der Waals surface area contributed by atoms with Crippen molar-refractivity contribution in [3.05, 3.63) is 59.9 Å². The SMILES string of the molecule is NC(=O)c1cccc(OCCOc2ccc(F)cc2)c1. The maximum atomic E-state index is 12.7. The molecule has 0 fully saturated rings. The highest BCUT2D eigenvalue weighted by Crippen LogP contribution is 2.14. The Morgan fingerprint density at radius 3 is 2.30 bits per heavy atom. The van der Waals surface area contributed by atoms with Crippen LogP contribution < -0.4 is 15.2 Å². The van der Waals surface area contributed by atoms with Crippen LogP contribution in [0.3, 0.4) is 0 Å². The molecule has 104 valence electrons. The van der Waals surface area contributed by atoms with E-state index in [1.165, 1.54) is 12.1 Å². The van der Waals surface area contributed by atoms with E-state index in [9.17, 15) is 9.18 Å².